The molecule has 3 heteroatoms. The Balaban J connectivity index is 3.55. The maximum absolute atomic E-state index is 9.89. The Kier molecular flexibility index (Phi) is 3.67. The summed E-state index contributed by atoms with van der Waals surface area (Å²) in [4.78, 5) is 9.58. The van der Waals surface area contributed by atoms with Crippen molar-refractivity contribution in [2.24, 2.45) is 5.92 Å². The van der Waals surface area contributed by atoms with Crippen LogP contribution in [0.4, 0.5) is 0 Å². The predicted octanol–water partition coefficient (Wildman–Crippen LogP) is 1.48. The normalized spacial score (nSPS) is 12.6. The molecule has 0 saturated carbocycles. The summed E-state index contributed by atoms with van der Waals surface area (Å²) in [5.74, 6) is 0.0417. The molecule has 0 aliphatic carbocycles. The third-order valence-electron chi connectivity index (χ3n) is 1.24. The Labute approximate surface area is 54.5 Å². The summed E-state index contributed by atoms with van der Waals surface area (Å²) >= 11 is 0. The molecule has 0 aliphatic rings. The van der Waals surface area contributed by atoms with Crippen molar-refractivity contribution in [3.63, 3.8) is 0 Å². The molecule has 0 amide bonds. The fourth-order valence-corrected chi connectivity index (χ4v) is 0.562. The number of hydrogen-bond acceptors (Lipinski definition) is 2. The van der Waals surface area contributed by atoms with Gasteiger partial charge in [0.1, 0.15) is 0 Å². The van der Waals surface area contributed by atoms with E-state index in [1.165, 1.54) is 0 Å². The van der Waals surface area contributed by atoms with E-state index in [4.69, 9.17) is 0 Å². The predicted molar refractivity (Wildman–Crippen MR) is 35.8 cm³/mol. The van der Waals surface area contributed by atoms with E-state index >= 15 is 0 Å². The van der Waals surface area contributed by atoms with E-state index in [1.807, 2.05) is 6.92 Å². The highest BCUT2D eigenvalue weighted by molar-refractivity contribution is 4.76. The summed E-state index contributed by atoms with van der Waals surface area (Å²) in [6.45, 7) is 5.41. The standard InChI is InChI=1S/C6H11NO2/c1-3-6(4-2)5-7(8)9/h3,6H,1,4-5H2,2H3. The van der Waals surface area contributed by atoms with Gasteiger partial charge in [-0.1, -0.05) is 13.0 Å². The van der Waals surface area contributed by atoms with Gasteiger partial charge in [-0.05, 0) is 6.42 Å². The monoisotopic (exact) mass is 129 g/mol. The molecule has 0 aromatic heterocycles. The molecular weight excluding hydrogens is 118 g/mol. The number of hydrogen-bond donors (Lipinski definition) is 0. The smallest absolute Gasteiger partial charge is 0.210 e. The molecule has 0 aromatic carbocycles. The fraction of sp³-hybridized carbons (Fsp3) is 0.667. The quantitative estimate of drug-likeness (QED) is 0.328. The second-order valence-electron chi connectivity index (χ2n) is 1.92. The average molecular weight is 129 g/mol. The van der Waals surface area contributed by atoms with E-state index < -0.39 is 0 Å². The lowest BCUT2D eigenvalue weighted by Crippen LogP contribution is -2.10. The van der Waals surface area contributed by atoms with Crippen LogP contribution in [0.15, 0.2) is 12.7 Å². The van der Waals surface area contributed by atoms with Gasteiger partial charge in [-0.25, -0.2) is 0 Å². The van der Waals surface area contributed by atoms with Crippen molar-refractivity contribution in [1.82, 2.24) is 0 Å². The van der Waals surface area contributed by atoms with Crippen molar-refractivity contribution in [2.45, 2.75) is 13.3 Å². The summed E-state index contributed by atoms with van der Waals surface area (Å²) in [6, 6.07) is 0. The van der Waals surface area contributed by atoms with Crippen molar-refractivity contribution in [3.05, 3.63) is 22.8 Å². The van der Waals surface area contributed by atoms with E-state index in [2.05, 4.69) is 6.58 Å². The Hall–Kier alpha value is -0.860. The van der Waals surface area contributed by atoms with Crippen LogP contribution in [0.1, 0.15) is 13.3 Å². The van der Waals surface area contributed by atoms with Gasteiger partial charge >= 0.3 is 0 Å². The van der Waals surface area contributed by atoms with Gasteiger partial charge in [0.05, 0.1) is 0 Å². The highest BCUT2D eigenvalue weighted by Gasteiger charge is 2.06. The van der Waals surface area contributed by atoms with Gasteiger partial charge in [-0.15, -0.1) is 6.58 Å². The average Bonchev–Trinajstić information content (AvgIpc) is 1.82. The second kappa shape index (κ2) is 4.06. The van der Waals surface area contributed by atoms with E-state index in [0.29, 0.717) is 0 Å². The molecule has 0 rings (SSSR count). The Bertz CT molecular complexity index is 112. The molecule has 1 atom stereocenters. The molecule has 0 heterocycles. The van der Waals surface area contributed by atoms with Gasteiger partial charge in [0.2, 0.25) is 6.54 Å². The highest BCUT2D eigenvalue weighted by Crippen LogP contribution is 2.02. The van der Waals surface area contributed by atoms with E-state index in [1.54, 1.807) is 6.08 Å². The molecule has 0 fully saturated rings. The van der Waals surface area contributed by atoms with Crippen LogP contribution in [-0.4, -0.2) is 11.5 Å². The molecule has 0 bridgehead atoms. The zero-order valence-electron chi connectivity index (χ0n) is 5.54. The van der Waals surface area contributed by atoms with Gasteiger partial charge in [0.25, 0.3) is 0 Å². The summed E-state index contributed by atoms with van der Waals surface area (Å²) in [7, 11) is 0. The second-order valence-corrected chi connectivity index (χ2v) is 1.92. The molecule has 0 radical (unpaired) electrons. The number of nitro groups is 1. The van der Waals surface area contributed by atoms with Gasteiger partial charge in [-0.2, -0.15) is 0 Å². The van der Waals surface area contributed by atoms with Crippen molar-refractivity contribution >= 4 is 0 Å². The minimum absolute atomic E-state index is 0.0139. The topological polar surface area (TPSA) is 43.1 Å². The van der Waals surface area contributed by atoms with Crippen LogP contribution in [0.5, 0.6) is 0 Å². The maximum atomic E-state index is 9.89. The largest absolute Gasteiger partial charge is 0.265 e. The lowest BCUT2D eigenvalue weighted by Gasteiger charge is -2.00. The molecule has 52 valence electrons. The zero-order valence-corrected chi connectivity index (χ0v) is 5.54. The minimum atomic E-state index is -0.310. The summed E-state index contributed by atoms with van der Waals surface area (Å²) < 4.78 is 0. The number of nitrogens with zero attached hydrogens (tertiary/aromatic N) is 1. The highest BCUT2D eigenvalue weighted by atomic mass is 16.6. The van der Waals surface area contributed by atoms with E-state index in [9.17, 15) is 10.1 Å². The lowest BCUT2D eigenvalue weighted by atomic mass is 10.1. The van der Waals surface area contributed by atoms with Crippen LogP contribution in [0.2, 0.25) is 0 Å². The van der Waals surface area contributed by atoms with Crippen molar-refractivity contribution in [1.29, 1.82) is 0 Å². The lowest BCUT2D eigenvalue weighted by molar-refractivity contribution is -0.485. The first-order valence-electron chi connectivity index (χ1n) is 2.95. The molecule has 0 aliphatic heterocycles. The summed E-state index contributed by atoms with van der Waals surface area (Å²) in [5, 5.41) is 9.89. The van der Waals surface area contributed by atoms with Crippen LogP contribution < -0.4 is 0 Å². The van der Waals surface area contributed by atoms with E-state index in [0.717, 1.165) is 6.42 Å². The van der Waals surface area contributed by atoms with Crippen LogP contribution in [0.25, 0.3) is 0 Å². The molecule has 1 unspecified atom stereocenters. The van der Waals surface area contributed by atoms with Crippen molar-refractivity contribution in [3.8, 4) is 0 Å². The minimum Gasteiger partial charge on any atom is -0.265 e. The van der Waals surface area contributed by atoms with E-state index in [-0.39, 0.29) is 17.4 Å². The van der Waals surface area contributed by atoms with Gasteiger partial charge in [0, 0.05) is 10.8 Å². The van der Waals surface area contributed by atoms with Crippen LogP contribution in [0, 0.1) is 16.0 Å². The molecule has 0 aromatic rings. The zero-order chi connectivity index (χ0) is 7.28. The van der Waals surface area contributed by atoms with Crippen LogP contribution in [-0.2, 0) is 0 Å². The number of rotatable bonds is 4. The van der Waals surface area contributed by atoms with Crippen molar-refractivity contribution < 1.29 is 4.92 Å². The first-order valence-corrected chi connectivity index (χ1v) is 2.95. The molecule has 0 saturated heterocycles. The summed E-state index contributed by atoms with van der Waals surface area (Å²) in [5.41, 5.74) is 0. The Morgan fingerprint density at radius 3 is 2.56 bits per heavy atom. The molecule has 0 N–H and O–H groups in total. The van der Waals surface area contributed by atoms with Crippen LogP contribution >= 0.6 is 0 Å². The molecule has 9 heavy (non-hydrogen) atoms. The Morgan fingerprint density at radius 1 is 1.89 bits per heavy atom. The molecule has 0 spiro atoms. The molecule has 3 nitrogen and oxygen atoms in total. The Morgan fingerprint density at radius 2 is 2.44 bits per heavy atom. The van der Waals surface area contributed by atoms with Gasteiger partial charge < -0.3 is 0 Å². The first-order chi connectivity index (χ1) is 4.20. The third kappa shape index (κ3) is 3.70. The maximum Gasteiger partial charge on any atom is 0.210 e. The fourth-order valence-electron chi connectivity index (χ4n) is 0.562. The third-order valence-corrected chi connectivity index (χ3v) is 1.24. The van der Waals surface area contributed by atoms with Crippen LogP contribution in [0.3, 0.4) is 0 Å². The van der Waals surface area contributed by atoms with Crippen molar-refractivity contribution in [2.75, 3.05) is 6.54 Å². The summed E-state index contributed by atoms with van der Waals surface area (Å²) in [6.07, 6.45) is 2.42. The SMILES string of the molecule is C=CC(CC)C[N+](=O)[O-]. The van der Waals surface area contributed by atoms with Gasteiger partial charge in [0.15, 0.2) is 0 Å². The molecular formula is C6H11NO2. The van der Waals surface area contributed by atoms with Gasteiger partial charge in [-0.3, -0.25) is 10.1 Å². The first kappa shape index (κ1) is 8.14.